The van der Waals surface area contributed by atoms with Crippen LogP contribution in [0.1, 0.15) is 29.5 Å². The van der Waals surface area contributed by atoms with Crippen molar-refractivity contribution in [2.24, 2.45) is 0 Å². The molecule has 0 fully saturated rings. The fourth-order valence-electron chi connectivity index (χ4n) is 3.32. The second-order valence-electron chi connectivity index (χ2n) is 5.90. The number of para-hydroxylation sites is 1. The first kappa shape index (κ1) is 12.5. The Morgan fingerprint density at radius 3 is 2.90 bits per heavy atom. The minimum Gasteiger partial charge on any atom is -0.338 e. The van der Waals surface area contributed by atoms with E-state index >= 15 is 0 Å². The molecule has 1 aliphatic carbocycles. The zero-order valence-electron chi connectivity index (χ0n) is 12.2. The number of aromatic nitrogens is 2. The van der Waals surface area contributed by atoms with E-state index in [4.69, 9.17) is 0 Å². The molecule has 0 atom stereocenters. The molecule has 3 aromatic rings. The Bertz CT molecular complexity index is 801. The maximum absolute atomic E-state index is 4.43. The fourth-order valence-corrected chi connectivity index (χ4v) is 3.32. The van der Waals surface area contributed by atoms with Gasteiger partial charge in [0.15, 0.2) is 5.82 Å². The van der Waals surface area contributed by atoms with Crippen molar-refractivity contribution in [3.05, 3.63) is 53.1 Å². The van der Waals surface area contributed by atoms with Crippen LogP contribution in [-0.2, 0) is 12.8 Å². The van der Waals surface area contributed by atoms with Crippen molar-refractivity contribution in [3.8, 4) is 0 Å². The summed E-state index contributed by atoms with van der Waals surface area (Å²) in [5.74, 6) is 0.920. The molecule has 3 heteroatoms. The molecule has 3 nitrogen and oxygen atoms in total. The Hall–Kier alpha value is -2.29. The van der Waals surface area contributed by atoms with Gasteiger partial charge in [0.05, 0.1) is 5.52 Å². The molecule has 0 radical (unpaired) electrons. The normalized spacial score (nSPS) is 14.1. The van der Waals surface area contributed by atoms with Crippen LogP contribution < -0.4 is 5.32 Å². The van der Waals surface area contributed by atoms with Crippen LogP contribution in [0.25, 0.3) is 10.9 Å². The van der Waals surface area contributed by atoms with Gasteiger partial charge in [-0.25, -0.2) is 0 Å². The maximum atomic E-state index is 4.43. The van der Waals surface area contributed by atoms with E-state index in [-0.39, 0.29) is 0 Å². The summed E-state index contributed by atoms with van der Waals surface area (Å²) in [7, 11) is 0. The highest BCUT2D eigenvalue weighted by atomic mass is 15.2. The molecule has 2 aromatic carbocycles. The zero-order chi connectivity index (χ0) is 14.2. The van der Waals surface area contributed by atoms with Crippen LogP contribution in [0.15, 0.2) is 36.4 Å². The van der Waals surface area contributed by atoms with E-state index < -0.39 is 0 Å². The lowest BCUT2D eigenvalue weighted by Gasteiger charge is -2.20. The average molecular weight is 277 g/mol. The first-order chi connectivity index (χ1) is 10.3. The summed E-state index contributed by atoms with van der Waals surface area (Å²) in [6.07, 6.45) is 4.96. The molecule has 0 amide bonds. The predicted molar refractivity (Wildman–Crippen MR) is 87.2 cm³/mol. The highest BCUT2D eigenvalue weighted by Crippen LogP contribution is 2.32. The van der Waals surface area contributed by atoms with E-state index in [2.05, 4.69) is 52.8 Å². The molecule has 106 valence electrons. The zero-order valence-corrected chi connectivity index (χ0v) is 12.2. The van der Waals surface area contributed by atoms with Gasteiger partial charge in [0.25, 0.3) is 0 Å². The standard InChI is InChI=1S/C18H19N3/c1-12-10-13-6-2-3-7-14(13)17(11-12)19-18-15-8-4-5-9-16(15)20-21-18/h4-5,8-11H,2-3,6-7H2,1H3,(H2,19,20,21). The summed E-state index contributed by atoms with van der Waals surface area (Å²) in [5.41, 5.74) is 6.59. The summed E-state index contributed by atoms with van der Waals surface area (Å²) in [4.78, 5) is 0. The van der Waals surface area contributed by atoms with E-state index in [0.29, 0.717) is 0 Å². The number of hydrogen-bond donors (Lipinski definition) is 2. The summed E-state index contributed by atoms with van der Waals surface area (Å²) < 4.78 is 0. The van der Waals surface area contributed by atoms with Crippen molar-refractivity contribution < 1.29 is 0 Å². The smallest absolute Gasteiger partial charge is 0.160 e. The maximum Gasteiger partial charge on any atom is 0.160 e. The molecule has 0 saturated heterocycles. The van der Waals surface area contributed by atoms with Crippen LogP contribution in [-0.4, -0.2) is 10.2 Å². The number of fused-ring (bicyclic) bond motifs is 2. The van der Waals surface area contributed by atoms with Gasteiger partial charge < -0.3 is 5.32 Å². The van der Waals surface area contributed by atoms with Gasteiger partial charge in [-0.15, -0.1) is 0 Å². The largest absolute Gasteiger partial charge is 0.338 e. The number of hydrogen-bond acceptors (Lipinski definition) is 2. The number of aromatic amines is 1. The fraction of sp³-hybridized carbons (Fsp3) is 0.278. The highest BCUT2D eigenvalue weighted by molar-refractivity contribution is 5.91. The molecule has 0 saturated carbocycles. The van der Waals surface area contributed by atoms with Crippen LogP contribution in [0, 0.1) is 6.92 Å². The first-order valence-electron chi connectivity index (χ1n) is 7.64. The Balaban J connectivity index is 1.79. The third-order valence-corrected chi connectivity index (χ3v) is 4.33. The SMILES string of the molecule is Cc1cc2c(c(Nc3n[nH]c4ccccc34)c1)CCCC2. The van der Waals surface area contributed by atoms with Crippen LogP contribution in [0.4, 0.5) is 11.5 Å². The lowest BCUT2D eigenvalue weighted by atomic mass is 9.89. The van der Waals surface area contributed by atoms with Crippen LogP contribution in [0.5, 0.6) is 0 Å². The van der Waals surface area contributed by atoms with Crippen molar-refractivity contribution in [3.63, 3.8) is 0 Å². The van der Waals surface area contributed by atoms with E-state index in [1.54, 1.807) is 0 Å². The van der Waals surface area contributed by atoms with E-state index in [9.17, 15) is 0 Å². The third kappa shape index (κ3) is 2.19. The molecule has 0 bridgehead atoms. The third-order valence-electron chi connectivity index (χ3n) is 4.33. The van der Waals surface area contributed by atoms with Gasteiger partial charge in [0, 0.05) is 11.1 Å². The van der Waals surface area contributed by atoms with Crippen molar-refractivity contribution in [2.45, 2.75) is 32.6 Å². The molecule has 1 heterocycles. The minimum absolute atomic E-state index is 0.920. The molecule has 2 N–H and O–H groups in total. The van der Waals surface area contributed by atoms with Gasteiger partial charge in [0.2, 0.25) is 0 Å². The van der Waals surface area contributed by atoms with Crippen molar-refractivity contribution >= 4 is 22.4 Å². The van der Waals surface area contributed by atoms with Crippen molar-refractivity contribution in [1.29, 1.82) is 0 Å². The number of aryl methyl sites for hydroxylation is 2. The molecule has 0 spiro atoms. The average Bonchev–Trinajstić information content (AvgIpc) is 2.90. The Morgan fingerprint density at radius 1 is 1.10 bits per heavy atom. The van der Waals surface area contributed by atoms with Crippen molar-refractivity contribution in [1.82, 2.24) is 10.2 Å². The molecule has 0 unspecified atom stereocenters. The first-order valence-corrected chi connectivity index (χ1v) is 7.64. The summed E-state index contributed by atoms with van der Waals surface area (Å²) in [6, 6.07) is 12.8. The Kier molecular flexibility index (Phi) is 2.92. The second-order valence-corrected chi connectivity index (χ2v) is 5.90. The summed E-state index contributed by atoms with van der Waals surface area (Å²) in [6.45, 7) is 2.17. The van der Waals surface area contributed by atoms with E-state index in [0.717, 1.165) is 16.7 Å². The van der Waals surface area contributed by atoms with Crippen LogP contribution in [0.2, 0.25) is 0 Å². The van der Waals surface area contributed by atoms with Gasteiger partial charge >= 0.3 is 0 Å². The van der Waals surface area contributed by atoms with Gasteiger partial charge in [-0.3, -0.25) is 5.10 Å². The molecular formula is C18H19N3. The molecule has 21 heavy (non-hydrogen) atoms. The molecule has 4 rings (SSSR count). The van der Waals surface area contributed by atoms with Gasteiger partial charge in [-0.05, 0) is 67.5 Å². The number of H-pyrrole nitrogens is 1. The van der Waals surface area contributed by atoms with E-state index in [1.807, 2.05) is 6.07 Å². The van der Waals surface area contributed by atoms with E-state index in [1.165, 1.54) is 48.1 Å². The highest BCUT2D eigenvalue weighted by Gasteiger charge is 2.15. The summed E-state index contributed by atoms with van der Waals surface area (Å²) in [5, 5.41) is 12.2. The number of anilines is 2. The molecular weight excluding hydrogens is 258 g/mol. The lowest BCUT2D eigenvalue weighted by molar-refractivity contribution is 0.686. The predicted octanol–water partition coefficient (Wildman–Crippen LogP) is 4.49. The molecule has 1 aromatic heterocycles. The quantitative estimate of drug-likeness (QED) is 0.724. The Labute approximate surface area is 124 Å². The number of benzene rings is 2. The van der Waals surface area contributed by atoms with Crippen LogP contribution >= 0.6 is 0 Å². The molecule has 1 aliphatic rings. The minimum atomic E-state index is 0.920. The molecule has 0 aliphatic heterocycles. The van der Waals surface area contributed by atoms with Gasteiger partial charge in [-0.2, -0.15) is 5.10 Å². The van der Waals surface area contributed by atoms with Crippen molar-refractivity contribution in [2.75, 3.05) is 5.32 Å². The topological polar surface area (TPSA) is 40.7 Å². The van der Waals surface area contributed by atoms with Crippen LogP contribution in [0.3, 0.4) is 0 Å². The Morgan fingerprint density at radius 2 is 1.95 bits per heavy atom. The number of nitrogens with one attached hydrogen (secondary N) is 2. The number of nitrogens with zero attached hydrogens (tertiary/aromatic N) is 1. The monoisotopic (exact) mass is 277 g/mol. The lowest BCUT2D eigenvalue weighted by Crippen LogP contribution is -2.07. The summed E-state index contributed by atoms with van der Waals surface area (Å²) >= 11 is 0. The van der Waals surface area contributed by atoms with Gasteiger partial charge in [-0.1, -0.05) is 18.2 Å². The second kappa shape index (κ2) is 4.92. The van der Waals surface area contributed by atoms with Gasteiger partial charge in [0.1, 0.15) is 0 Å². The number of rotatable bonds is 2.